The van der Waals surface area contributed by atoms with E-state index in [2.05, 4.69) is 15.9 Å². The predicted octanol–water partition coefficient (Wildman–Crippen LogP) is 3.85. The standard InChI is InChI=1S/C13H15BrF3NO/c14-10-1-3-11(4-2-10)19-12-5-7-18(8-6-12)9-13(15,16)17/h1-4,12H,5-9H2. The molecule has 1 aliphatic heterocycles. The molecule has 0 bridgehead atoms. The molecule has 106 valence electrons. The van der Waals surface area contributed by atoms with E-state index in [0.29, 0.717) is 25.9 Å². The highest BCUT2D eigenvalue weighted by Gasteiger charge is 2.32. The number of ether oxygens (including phenoxy) is 1. The summed E-state index contributed by atoms with van der Waals surface area (Å²) in [7, 11) is 0. The van der Waals surface area contributed by atoms with Gasteiger partial charge in [-0.15, -0.1) is 0 Å². The van der Waals surface area contributed by atoms with Crippen molar-refractivity contribution in [2.45, 2.75) is 25.1 Å². The molecule has 6 heteroatoms. The summed E-state index contributed by atoms with van der Waals surface area (Å²) in [4.78, 5) is 1.43. The van der Waals surface area contributed by atoms with Crippen molar-refractivity contribution in [2.24, 2.45) is 0 Å². The number of alkyl halides is 3. The minimum absolute atomic E-state index is 0.00524. The molecule has 0 spiro atoms. The zero-order chi connectivity index (χ0) is 13.9. The lowest BCUT2D eigenvalue weighted by Crippen LogP contribution is -2.42. The van der Waals surface area contributed by atoms with Crippen LogP contribution in [0.5, 0.6) is 5.75 Å². The second kappa shape index (κ2) is 6.13. The number of nitrogens with zero attached hydrogens (tertiary/aromatic N) is 1. The normalized spacial score (nSPS) is 18.5. The van der Waals surface area contributed by atoms with Crippen molar-refractivity contribution in [3.63, 3.8) is 0 Å². The van der Waals surface area contributed by atoms with Crippen LogP contribution in [-0.2, 0) is 0 Å². The summed E-state index contributed by atoms with van der Waals surface area (Å²) in [5.41, 5.74) is 0. The van der Waals surface area contributed by atoms with Gasteiger partial charge in [0.05, 0.1) is 6.54 Å². The van der Waals surface area contributed by atoms with Crippen molar-refractivity contribution in [3.05, 3.63) is 28.7 Å². The van der Waals surface area contributed by atoms with Gasteiger partial charge in [-0.25, -0.2) is 0 Å². The Hall–Kier alpha value is -0.750. The molecule has 1 aliphatic rings. The lowest BCUT2D eigenvalue weighted by molar-refractivity contribution is -0.149. The fraction of sp³-hybridized carbons (Fsp3) is 0.538. The Morgan fingerprint density at radius 2 is 1.74 bits per heavy atom. The lowest BCUT2D eigenvalue weighted by Gasteiger charge is -2.32. The maximum atomic E-state index is 12.2. The van der Waals surface area contributed by atoms with Crippen molar-refractivity contribution in [1.29, 1.82) is 0 Å². The Labute approximate surface area is 118 Å². The van der Waals surface area contributed by atoms with E-state index in [1.165, 1.54) is 4.90 Å². The van der Waals surface area contributed by atoms with Gasteiger partial charge in [0.25, 0.3) is 0 Å². The van der Waals surface area contributed by atoms with Gasteiger partial charge in [-0.1, -0.05) is 15.9 Å². The predicted molar refractivity (Wildman–Crippen MR) is 70.3 cm³/mol. The minimum atomic E-state index is -4.11. The van der Waals surface area contributed by atoms with Crippen LogP contribution in [0.1, 0.15) is 12.8 Å². The van der Waals surface area contributed by atoms with Crippen molar-refractivity contribution < 1.29 is 17.9 Å². The molecule has 0 saturated carbocycles. The summed E-state index contributed by atoms with van der Waals surface area (Å²) in [6, 6.07) is 7.47. The highest BCUT2D eigenvalue weighted by molar-refractivity contribution is 9.10. The molecule has 2 rings (SSSR count). The van der Waals surface area contributed by atoms with Crippen molar-refractivity contribution >= 4 is 15.9 Å². The molecule has 0 amide bonds. The molecule has 0 atom stereocenters. The highest BCUT2D eigenvalue weighted by atomic mass is 79.9. The number of hydrogen-bond acceptors (Lipinski definition) is 2. The number of piperidine rings is 1. The van der Waals surface area contributed by atoms with Gasteiger partial charge in [-0.05, 0) is 37.1 Å². The van der Waals surface area contributed by atoms with Crippen molar-refractivity contribution in [1.82, 2.24) is 4.90 Å². The average Bonchev–Trinajstić information content (AvgIpc) is 2.33. The number of hydrogen-bond donors (Lipinski definition) is 0. The Morgan fingerprint density at radius 3 is 2.26 bits per heavy atom. The van der Waals surface area contributed by atoms with E-state index in [9.17, 15) is 13.2 Å². The molecular formula is C13H15BrF3NO. The molecule has 1 fully saturated rings. The third kappa shape index (κ3) is 5.03. The molecule has 2 nitrogen and oxygen atoms in total. The smallest absolute Gasteiger partial charge is 0.401 e. The van der Waals surface area contributed by atoms with Gasteiger partial charge in [-0.2, -0.15) is 13.2 Å². The summed E-state index contributed by atoms with van der Waals surface area (Å²) >= 11 is 3.34. The summed E-state index contributed by atoms with van der Waals surface area (Å²) in [5.74, 6) is 0.762. The van der Waals surface area contributed by atoms with Crippen molar-refractivity contribution in [3.8, 4) is 5.75 Å². The Balaban J connectivity index is 1.79. The number of halogens is 4. The van der Waals surface area contributed by atoms with Crippen LogP contribution in [0.15, 0.2) is 28.7 Å². The van der Waals surface area contributed by atoms with Gasteiger partial charge >= 0.3 is 6.18 Å². The third-order valence-corrected chi connectivity index (χ3v) is 3.58. The molecule has 1 saturated heterocycles. The van der Waals surface area contributed by atoms with Crippen molar-refractivity contribution in [2.75, 3.05) is 19.6 Å². The maximum Gasteiger partial charge on any atom is 0.401 e. The fourth-order valence-corrected chi connectivity index (χ4v) is 2.41. The zero-order valence-corrected chi connectivity index (χ0v) is 11.9. The second-order valence-electron chi connectivity index (χ2n) is 4.66. The van der Waals surface area contributed by atoms with Crippen LogP contribution in [0.4, 0.5) is 13.2 Å². The quantitative estimate of drug-likeness (QED) is 0.830. The second-order valence-corrected chi connectivity index (χ2v) is 5.58. The Bertz CT molecular complexity index is 399. The SMILES string of the molecule is FC(F)(F)CN1CCC(Oc2ccc(Br)cc2)CC1. The van der Waals surface area contributed by atoms with E-state index in [-0.39, 0.29) is 6.10 Å². The van der Waals surface area contributed by atoms with Crippen LogP contribution in [0.25, 0.3) is 0 Å². The number of rotatable bonds is 3. The van der Waals surface area contributed by atoms with Gasteiger partial charge in [0.15, 0.2) is 0 Å². The first-order valence-electron chi connectivity index (χ1n) is 6.14. The minimum Gasteiger partial charge on any atom is -0.490 e. The van der Waals surface area contributed by atoms with E-state index in [4.69, 9.17) is 4.74 Å². The highest BCUT2D eigenvalue weighted by Crippen LogP contribution is 2.23. The molecule has 0 unspecified atom stereocenters. The van der Waals surface area contributed by atoms with Gasteiger partial charge in [-0.3, -0.25) is 4.90 Å². The van der Waals surface area contributed by atoms with Crippen LogP contribution in [0.3, 0.4) is 0 Å². The van der Waals surface area contributed by atoms with E-state index in [1.807, 2.05) is 24.3 Å². The summed E-state index contributed by atoms with van der Waals surface area (Å²) < 4.78 is 43.5. The fourth-order valence-electron chi connectivity index (χ4n) is 2.14. The molecule has 0 radical (unpaired) electrons. The van der Waals surface area contributed by atoms with E-state index >= 15 is 0 Å². The van der Waals surface area contributed by atoms with Crippen LogP contribution >= 0.6 is 15.9 Å². The van der Waals surface area contributed by atoms with Crippen LogP contribution < -0.4 is 4.74 Å². The van der Waals surface area contributed by atoms with E-state index in [0.717, 1.165) is 10.2 Å². The van der Waals surface area contributed by atoms with Gasteiger partial charge in [0.2, 0.25) is 0 Å². The molecule has 1 heterocycles. The maximum absolute atomic E-state index is 12.2. The summed E-state index contributed by atoms with van der Waals surface area (Å²) in [6.07, 6.45) is -2.84. The molecular weight excluding hydrogens is 323 g/mol. The van der Waals surface area contributed by atoms with Gasteiger partial charge in [0, 0.05) is 17.6 Å². The summed E-state index contributed by atoms with van der Waals surface area (Å²) in [6.45, 7) is 0.0411. The van der Waals surface area contributed by atoms with Crippen LogP contribution in [0.2, 0.25) is 0 Å². The molecule has 1 aromatic carbocycles. The molecule has 0 N–H and O–H groups in total. The zero-order valence-electron chi connectivity index (χ0n) is 10.3. The topological polar surface area (TPSA) is 12.5 Å². The Morgan fingerprint density at radius 1 is 1.16 bits per heavy atom. The van der Waals surface area contributed by atoms with Gasteiger partial charge < -0.3 is 4.74 Å². The molecule has 0 aliphatic carbocycles. The van der Waals surface area contributed by atoms with Gasteiger partial charge in [0.1, 0.15) is 11.9 Å². The molecule has 1 aromatic rings. The average molecular weight is 338 g/mol. The van der Waals surface area contributed by atoms with E-state index in [1.54, 1.807) is 0 Å². The Kier molecular flexibility index (Phi) is 4.73. The number of benzene rings is 1. The first-order valence-corrected chi connectivity index (χ1v) is 6.93. The number of likely N-dealkylation sites (tertiary alicyclic amines) is 1. The van der Waals surface area contributed by atoms with Crippen LogP contribution in [0, 0.1) is 0 Å². The molecule has 19 heavy (non-hydrogen) atoms. The van der Waals surface area contributed by atoms with Crippen LogP contribution in [-0.4, -0.2) is 36.8 Å². The first-order chi connectivity index (χ1) is 8.92. The lowest BCUT2D eigenvalue weighted by atomic mass is 10.1. The van der Waals surface area contributed by atoms with E-state index < -0.39 is 12.7 Å². The molecule has 0 aromatic heterocycles. The first kappa shape index (κ1) is 14.7. The third-order valence-electron chi connectivity index (χ3n) is 3.05. The monoisotopic (exact) mass is 337 g/mol. The largest absolute Gasteiger partial charge is 0.490 e. The summed E-state index contributed by atoms with van der Waals surface area (Å²) in [5, 5.41) is 0.